The van der Waals surface area contributed by atoms with Crippen LogP contribution in [0.25, 0.3) is 0 Å². The van der Waals surface area contributed by atoms with Gasteiger partial charge in [-0.2, -0.15) is 0 Å². The molecule has 0 aliphatic carbocycles. The summed E-state index contributed by atoms with van der Waals surface area (Å²) in [7, 11) is 2.08. The summed E-state index contributed by atoms with van der Waals surface area (Å²) in [5, 5.41) is 0. The van der Waals surface area contributed by atoms with Crippen molar-refractivity contribution in [3.8, 4) is 0 Å². The van der Waals surface area contributed by atoms with Crippen molar-refractivity contribution >= 4 is 23.1 Å². The molecule has 2 atom stereocenters. The number of carbonyl (C=O) groups is 1. The van der Waals surface area contributed by atoms with Crippen LogP contribution in [0.1, 0.15) is 20.8 Å². The zero-order chi connectivity index (χ0) is 13.2. The molecule has 1 heterocycles. The van der Waals surface area contributed by atoms with E-state index < -0.39 is 0 Å². The lowest BCUT2D eigenvalue weighted by atomic mass is 9.93. The molecule has 1 amide bonds. The number of amides is 1. The fraction of sp³-hybridized carbons (Fsp3) is 0.833. The number of nitrogens with two attached hydrogens (primary N) is 1. The van der Waals surface area contributed by atoms with Gasteiger partial charge in [0.15, 0.2) is 0 Å². The van der Waals surface area contributed by atoms with Crippen LogP contribution in [-0.4, -0.2) is 53.4 Å². The van der Waals surface area contributed by atoms with Gasteiger partial charge in [-0.05, 0) is 19.9 Å². The highest BCUT2D eigenvalue weighted by Crippen LogP contribution is 2.17. The molecule has 2 N–H and O–H groups in total. The quantitative estimate of drug-likeness (QED) is 0.757. The van der Waals surface area contributed by atoms with E-state index in [1.165, 1.54) is 0 Å². The third-order valence-corrected chi connectivity index (χ3v) is 3.76. The van der Waals surface area contributed by atoms with Gasteiger partial charge in [0, 0.05) is 25.7 Å². The molecule has 4 nitrogen and oxygen atoms in total. The second-order valence-corrected chi connectivity index (χ2v) is 5.71. The maximum absolute atomic E-state index is 12.4. The van der Waals surface area contributed by atoms with E-state index >= 15 is 0 Å². The molecule has 0 aromatic heterocycles. The first-order valence-electron chi connectivity index (χ1n) is 6.13. The summed E-state index contributed by atoms with van der Waals surface area (Å²) < 4.78 is 0. The summed E-state index contributed by atoms with van der Waals surface area (Å²) in [5.41, 5.74) is 5.68. The van der Waals surface area contributed by atoms with Crippen molar-refractivity contribution in [3.63, 3.8) is 0 Å². The van der Waals surface area contributed by atoms with Gasteiger partial charge in [0.2, 0.25) is 5.91 Å². The van der Waals surface area contributed by atoms with Gasteiger partial charge in [-0.1, -0.05) is 26.1 Å². The number of hydrogen-bond acceptors (Lipinski definition) is 3. The highest BCUT2D eigenvalue weighted by Gasteiger charge is 2.32. The molecule has 1 rings (SSSR count). The summed E-state index contributed by atoms with van der Waals surface area (Å²) in [4.78, 5) is 16.8. The number of piperazine rings is 1. The lowest BCUT2D eigenvalue weighted by molar-refractivity contribution is -0.137. The van der Waals surface area contributed by atoms with Crippen molar-refractivity contribution in [3.05, 3.63) is 0 Å². The predicted octanol–water partition coefficient (Wildman–Crippen LogP) is 0.707. The Balaban J connectivity index is 2.72. The van der Waals surface area contributed by atoms with Crippen LogP contribution in [0.2, 0.25) is 0 Å². The molecule has 17 heavy (non-hydrogen) atoms. The third kappa shape index (κ3) is 3.39. The van der Waals surface area contributed by atoms with Gasteiger partial charge < -0.3 is 15.5 Å². The van der Waals surface area contributed by atoms with Crippen LogP contribution in [0.3, 0.4) is 0 Å². The smallest absolute Gasteiger partial charge is 0.232 e. The van der Waals surface area contributed by atoms with Gasteiger partial charge in [-0.25, -0.2) is 0 Å². The highest BCUT2D eigenvalue weighted by atomic mass is 32.1. The van der Waals surface area contributed by atoms with Gasteiger partial charge in [0.05, 0.1) is 10.9 Å². The van der Waals surface area contributed by atoms with Crippen molar-refractivity contribution < 1.29 is 4.79 Å². The largest absolute Gasteiger partial charge is 0.393 e. The molecule has 0 aromatic carbocycles. The minimum atomic E-state index is -0.319. The Labute approximate surface area is 109 Å². The molecular weight excluding hydrogens is 234 g/mol. The summed E-state index contributed by atoms with van der Waals surface area (Å²) in [5.74, 6) is -0.0666. The summed E-state index contributed by atoms with van der Waals surface area (Å²) in [6.45, 7) is 8.55. The van der Waals surface area contributed by atoms with Crippen LogP contribution in [0, 0.1) is 11.8 Å². The second kappa shape index (κ2) is 5.78. The topological polar surface area (TPSA) is 49.6 Å². The SMILES string of the molecule is CC(C)C(C(=O)N1CCN(C)C(C)C1)C(N)=S. The third-order valence-electron chi connectivity index (χ3n) is 3.51. The number of likely N-dealkylation sites (N-methyl/N-ethyl adjacent to an activating group) is 1. The van der Waals surface area contributed by atoms with E-state index in [0.29, 0.717) is 11.0 Å². The van der Waals surface area contributed by atoms with Crippen molar-refractivity contribution in [1.82, 2.24) is 9.80 Å². The van der Waals surface area contributed by atoms with Gasteiger partial charge in [0.1, 0.15) is 0 Å². The van der Waals surface area contributed by atoms with Crippen molar-refractivity contribution in [1.29, 1.82) is 0 Å². The molecule has 98 valence electrons. The van der Waals surface area contributed by atoms with Crippen LogP contribution < -0.4 is 5.73 Å². The summed E-state index contributed by atoms with van der Waals surface area (Å²) in [6.07, 6.45) is 0. The zero-order valence-electron chi connectivity index (χ0n) is 11.1. The molecule has 1 fully saturated rings. The molecule has 1 aliphatic rings. The Bertz CT molecular complexity index is 306. The molecule has 5 heteroatoms. The minimum absolute atomic E-state index is 0.0902. The van der Waals surface area contributed by atoms with E-state index in [4.69, 9.17) is 18.0 Å². The average Bonchev–Trinajstić information content (AvgIpc) is 2.20. The Morgan fingerprint density at radius 1 is 1.41 bits per heavy atom. The summed E-state index contributed by atoms with van der Waals surface area (Å²) in [6, 6.07) is 0.395. The number of carbonyl (C=O) groups excluding carboxylic acids is 1. The van der Waals surface area contributed by atoms with Crippen LogP contribution >= 0.6 is 12.2 Å². The number of rotatable bonds is 3. The fourth-order valence-corrected chi connectivity index (χ4v) is 2.55. The van der Waals surface area contributed by atoms with Crippen LogP contribution in [0.4, 0.5) is 0 Å². The van der Waals surface area contributed by atoms with E-state index in [2.05, 4.69) is 18.9 Å². The zero-order valence-corrected chi connectivity index (χ0v) is 12.0. The average molecular weight is 257 g/mol. The maximum atomic E-state index is 12.4. The molecule has 0 spiro atoms. The van der Waals surface area contributed by atoms with Crippen LogP contribution in [-0.2, 0) is 4.79 Å². The summed E-state index contributed by atoms with van der Waals surface area (Å²) >= 11 is 5.01. The molecular formula is C12H23N3OS. The van der Waals surface area contributed by atoms with E-state index in [0.717, 1.165) is 19.6 Å². The first kappa shape index (κ1) is 14.4. The van der Waals surface area contributed by atoms with Crippen molar-refractivity contribution in [2.45, 2.75) is 26.8 Å². The highest BCUT2D eigenvalue weighted by molar-refractivity contribution is 7.80. The Hall–Kier alpha value is -0.680. The first-order chi connectivity index (χ1) is 7.84. The molecule has 2 unspecified atom stereocenters. The van der Waals surface area contributed by atoms with Gasteiger partial charge >= 0.3 is 0 Å². The van der Waals surface area contributed by atoms with Gasteiger partial charge in [-0.15, -0.1) is 0 Å². The van der Waals surface area contributed by atoms with Crippen LogP contribution in [0.15, 0.2) is 0 Å². The first-order valence-corrected chi connectivity index (χ1v) is 6.53. The van der Waals surface area contributed by atoms with E-state index in [-0.39, 0.29) is 17.7 Å². The van der Waals surface area contributed by atoms with Gasteiger partial charge in [0.25, 0.3) is 0 Å². The molecule has 0 bridgehead atoms. The predicted molar refractivity (Wildman–Crippen MR) is 73.8 cm³/mol. The fourth-order valence-electron chi connectivity index (χ4n) is 2.18. The molecule has 0 aromatic rings. The lowest BCUT2D eigenvalue weighted by Gasteiger charge is -2.39. The molecule has 1 saturated heterocycles. The van der Waals surface area contributed by atoms with E-state index in [9.17, 15) is 4.79 Å². The molecule has 0 saturated carbocycles. The Morgan fingerprint density at radius 2 is 2.00 bits per heavy atom. The maximum Gasteiger partial charge on any atom is 0.232 e. The number of hydrogen-bond donors (Lipinski definition) is 1. The Morgan fingerprint density at radius 3 is 2.41 bits per heavy atom. The van der Waals surface area contributed by atoms with Crippen molar-refractivity contribution in [2.24, 2.45) is 17.6 Å². The molecule has 1 aliphatic heterocycles. The van der Waals surface area contributed by atoms with Gasteiger partial charge in [-0.3, -0.25) is 4.79 Å². The monoisotopic (exact) mass is 257 g/mol. The minimum Gasteiger partial charge on any atom is -0.393 e. The number of thiocarbonyl (C=S) groups is 1. The normalized spacial score (nSPS) is 23.8. The lowest BCUT2D eigenvalue weighted by Crippen LogP contribution is -2.55. The standard InChI is InChI=1S/C12H23N3OS/c1-8(2)10(11(13)17)12(16)15-6-5-14(4)9(3)7-15/h8-10H,5-7H2,1-4H3,(H2,13,17). The number of nitrogens with zero attached hydrogens (tertiary/aromatic N) is 2. The van der Waals surface area contributed by atoms with E-state index in [1.54, 1.807) is 0 Å². The van der Waals surface area contributed by atoms with Crippen LogP contribution in [0.5, 0.6) is 0 Å². The Kier molecular flexibility index (Phi) is 4.89. The van der Waals surface area contributed by atoms with E-state index in [1.807, 2.05) is 18.7 Å². The second-order valence-electron chi connectivity index (χ2n) is 5.24. The van der Waals surface area contributed by atoms with Crippen molar-refractivity contribution in [2.75, 3.05) is 26.7 Å². The molecule has 0 radical (unpaired) electrons.